The summed E-state index contributed by atoms with van der Waals surface area (Å²) in [6.07, 6.45) is 4.84. The minimum absolute atomic E-state index is 0.0430. The Labute approximate surface area is 321 Å². The second kappa shape index (κ2) is 17.6. The molecule has 0 radical (unpaired) electrons. The van der Waals surface area contributed by atoms with E-state index in [4.69, 9.17) is 9.47 Å². The number of nitrogens with zero attached hydrogens (tertiary/aromatic N) is 1. The number of carbonyl (C=O) groups excluding carboxylic acids is 4. The third-order valence-corrected chi connectivity index (χ3v) is 10.9. The molecule has 55 heavy (non-hydrogen) atoms. The van der Waals surface area contributed by atoms with Crippen LogP contribution in [0.4, 0.5) is 4.79 Å². The van der Waals surface area contributed by atoms with E-state index in [1.165, 1.54) is 0 Å². The molecule has 0 spiro atoms. The van der Waals surface area contributed by atoms with Crippen LogP contribution in [0.1, 0.15) is 59.4 Å². The van der Waals surface area contributed by atoms with Crippen molar-refractivity contribution >= 4 is 23.9 Å². The lowest BCUT2D eigenvalue weighted by Gasteiger charge is -2.36. The van der Waals surface area contributed by atoms with Gasteiger partial charge in [-0.05, 0) is 71.0 Å². The highest BCUT2D eigenvalue weighted by atomic mass is 16.6. The van der Waals surface area contributed by atoms with Gasteiger partial charge in [0, 0.05) is 18.9 Å². The first-order valence-electron chi connectivity index (χ1n) is 19.1. The highest BCUT2D eigenvalue weighted by molar-refractivity contribution is 5.87. The van der Waals surface area contributed by atoms with Crippen molar-refractivity contribution in [1.29, 1.82) is 0 Å². The molecule has 0 saturated heterocycles. The molecule has 0 saturated carbocycles. The molecular formula is C45H47N3O7. The Morgan fingerprint density at radius 3 is 2.25 bits per heavy atom. The van der Waals surface area contributed by atoms with Crippen LogP contribution in [-0.4, -0.2) is 71.8 Å². The van der Waals surface area contributed by atoms with Crippen LogP contribution in [0, 0.1) is 5.92 Å². The van der Waals surface area contributed by atoms with Crippen molar-refractivity contribution in [2.24, 2.45) is 5.92 Å². The van der Waals surface area contributed by atoms with Gasteiger partial charge in [-0.25, -0.2) is 9.59 Å². The van der Waals surface area contributed by atoms with Crippen LogP contribution in [0.25, 0.3) is 11.1 Å². The summed E-state index contributed by atoms with van der Waals surface area (Å²) in [6.45, 7) is 0.170. The fourth-order valence-electron chi connectivity index (χ4n) is 7.98. The lowest BCUT2D eigenvalue weighted by molar-refractivity contribution is -0.147. The molecular weight excluding hydrogens is 695 g/mol. The van der Waals surface area contributed by atoms with E-state index >= 15 is 0 Å². The summed E-state index contributed by atoms with van der Waals surface area (Å²) in [5.41, 5.74) is 7.49. The van der Waals surface area contributed by atoms with Gasteiger partial charge in [-0.1, -0.05) is 115 Å². The lowest BCUT2D eigenvalue weighted by atomic mass is 9.92. The monoisotopic (exact) mass is 741 g/mol. The molecule has 4 aromatic rings. The van der Waals surface area contributed by atoms with Crippen LogP contribution in [0.3, 0.4) is 0 Å². The lowest BCUT2D eigenvalue weighted by Crippen LogP contribution is -2.49. The molecule has 4 aromatic carbocycles. The summed E-state index contributed by atoms with van der Waals surface area (Å²) < 4.78 is 11.5. The van der Waals surface area contributed by atoms with Crippen LogP contribution < -0.4 is 10.6 Å². The van der Waals surface area contributed by atoms with Gasteiger partial charge in [-0.2, -0.15) is 0 Å². The van der Waals surface area contributed by atoms with Crippen molar-refractivity contribution in [3.05, 3.63) is 143 Å². The van der Waals surface area contributed by atoms with Gasteiger partial charge >= 0.3 is 12.1 Å². The van der Waals surface area contributed by atoms with Crippen LogP contribution in [0.15, 0.2) is 115 Å². The van der Waals surface area contributed by atoms with Crippen LogP contribution in [0.5, 0.6) is 0 Å². The third-order valence-electron chi connectivity index (χ3n) is 10.9. The Morgan fingerprint density at radius 2 is 1.53 bits per heavy atom. The van der Waals surface area contributed by atoms with E-state index in [-0.39, 0.29) is 56.4 Å². The number of allylic oxidation sites excluding steroid dienone is 2. The van der Waals surface area contributed by atoms with Crippen molar-refractivity contribution < 1.29 is 33.8 Å². The summed E-state index contributed by atoms with van der Waals surface area (Å²) in [5, 5.41) is 16.0. The average Bonchev–Trinajstić information content (AvgIpc) is 3.53. The highest BCUT2D eigenvalue weighted by Gasteiger charge is 2.34. The van der Waals surface area contributed by atoms with Gasteiger partial charge in [0.05, 0.1) is 24.6 Å². The number of esters is 1. The SMILES string of the molecule is O=C(N[C@H]1CCC=CC[C@H](CC(=O)N2Cc3ccccc3C[C@H]2CO)C(=O)N[C@@H](Cc2ccccc2)COC1=O)OCC1c2ccccc2-c2ccccc21. The molecule has 0 unspecified atom stereocenters. The molecule has 2 aliphatic heterocycles. The molecule has 0 bridgehead atoms. The predicted molar refractivity (Wildman–Crippen MR) is 208 cm³/mol. The van der Waals surface area contributed by atoms with Gasteiger partial charge in [0.25, 0.3) is 0 Å². The number of fused-ring (bicyclic) bond motifs is 4. The number of nitrogens with one attached hydrogen (secondary N) is 2. The standard InChI is InChI=1S/C45H47N3O7/c49-27-35-24-31-15-7-8-17-33(31)26-48(35)42(50)25-32-16-5-2-6-22-41(44(52)54-28-34(46-43(32)51)23-30-13-3-1-4-14-30)47-45(53)55-29-40-38-20-11-9-18-36(38)37-19-10-12-21-39(37)40/h1-5,7-15,17-21,32,34-35,40-41,49H,6,16,22-29H2,(H,46,51)(H,47,53)/t32-,34+,35+,41+/m1/s1. The predicted octanol–water partition coefficient (Wildman–Crippen LogP) is 5.86. The molecule has 10 nitrogen and oxygen atoms in total. The summed E-state index contributed by atoms with van der Waals surface area (Å²) in [6, 6.07) is 31.7. The maximum absolute atomic E-state index is 13.9. The van der Waals surface area contributed by atoms with Crippen LogP contribution in [0.2, 0.25) is 0 Å². The van der Waals surface area contributed by atoms with Gasteiger partial charge in [-0.3, -0.25) is 9.59 Å². The Hall–Kier alpha value is -5.74. The van der Waals surface area contributed by atoms with Crippen molar-refractivity contribution in [1.82, 2.24) is 15.5 Å². The molecule has 10 heteroatoms. The van der Waals surface area contributed by atoms with E-state index in [2.05, 4.69) is 22.8 Å². The van der Waals surface area contributed by atoms with E-state index < -0.39 is 30.1 Å². The number of rotatable bonds is 8. The number of carbonyl (C=O) groups is 4. The summed E-state index contributed by atoms with van der Waals surface area (Å²) in [5.74, 6) is -1.97. The Balaban J connectivity index is 1.04. The fraction of sp³-hybridized carbons (Fsp3) is 0.333. The third kappa shape index (κ3) is 8.98. The molecule has 7 rings (SSSR count). The number of cyclic esters (lactones) is 1. The number of alkyl carbamates (subject to hydrolysis) is 1. The summed E-state index contributed by atoms with van der Waals surface area (Å²) in [7, 11) is 0. The largest absolute Gasteiger partial charge is 0.462 e. The molecule has 3 amide bonds. The number of ether oxygens (including phenoxy) is 2. The van der Waals surface area contributed by atoms with Gasteiger partial charge in [-0.15, -0.1) is 0 Å². The van der Waals surface area contributed by atoms with E-state index in [1.807, 2.05) is 103 Å². The minimum Gasteiger partial charge on any atom is -0.462 e. The number of benzene rings is 4. The summed E-state index contributed by atoms with van der Waals surface area (Å²) >= 11 is 0. The molecule has 284 valence electrons. The van der Waals surface area contributed by atoms with E-state index in [0.717, 1.165) is 38.9 Å². The Kier molecular flexibility index (Phi) is 12.0. The molecule has 4 atom stereocenters. The van der Waals surface area contributed by atoms with Crippen LogP contribution in [-0.2, 0) is 43.2 Å². The quantitative estimate of drug-likeness (QED) is 0.152. The van der Waals surface area contributed by atoms with Gasteiger partial charge < -0.3 is 30.1 Å². The first-order chi connectivity index (χ1) is 26.9. The van der Waals surface area contributed by atoms with E-state index in [1.54, 1.807) is 4.90 Å². The zero-order chi connectivity index (χ0) is 38.1. The number of amides is 3. The molecule has 1 aliphatic carbocycles. The highest BCUT2D eigenvalue weighted by Crippen LogP contribution is 2.44. The number of hydrogen-bond acceptors (Lipinski definition) is 7. The van der Waals surface area contributed by atoms with Crippen LogP contribution >= 0.6 is 0 Å². The Bertz CT molecular complexity index is 1990. The zero-order valence-electron chi connectivity index (χ0n) is 30.8. The minimum atomic E-state index is -0.983. The van der Waals surface area contributed by atoms with Gasteiger partial charge in [0.1, 0.15) is 19.3 Å². The molecule has 3 N–H and O–H groups in total. The zero-order valence-corrected chi connectivity index (χ0v) is 30.8. The topological polar surface area (TPSA) is 134 Å². The van der Waals surface area contributed by atoms with Crippen molar-refractivity contribution in [2.45, 2.75) is 69.1 Å². The number of aliphatic hydroxyl groups excluding tert-OH is 1. The van der Waals surface area contributed by atoms with Crippen molar-refractivity contribution in [3.63, 3.8) is 0 Å². The smallest absolute Gasteiger partial charge is 0.407 e. The molecule has 2 heterocycles. The first kappa shape index (κ1) is 37.6. The molecule has 0 aromatic heterocycles. The van der Waals surface area contributed by atoms with Crippen molar-refractivity contribution in [3.8, 4) is 11.1 Å². The van der Waals surface area contributed by atoms with Gasteiger partial charge in [0.15, 0.2) is 0 Å². The second-order valence-corrected chi connectivity index (χ2v) is 14.6. The average molecular weight is 742 g/mol. The maximum Gasteiger partial charge on any atom is 0.407 e. The number of aliphatic hydroxyl groups is 1. The van der Waals surface area contributed by atoms with E-state index in [0.29, 0.717) is 32.2 Å². The normalized spacial score (nSPS) is 21.4. The maximum atomic E-state index is 13.9. The fourth-order valence-corrected chi connectivity index (χ4v) is 7.98. The first-order valence-corrected chi connectivity index (χ1v) is 19.1. The molecule has 0 fully saturated rings. The van der Waals surface area contributed by atoms with Crippen molar-refractivity contribution in [2.75, 3.05) is 19.8 Å². The molecule has 3 aliphatic rings. The number of hydrogen-bond donors (Lipinski definition) is 3. The summed E-state index contributed by atoms with van der Waals surface area (Å²) in [4.78, 5) is 56.2. The second-order valence-electron chi connectivity index (χ2n) is 14.6. The van der Waals surface area contributed by atoms with Gasteiger partial charge in [0.2, 0.25) is 11.8 Å². The van der Waals surface area contributed by atoms with E-state index in [9.17, 15) is 24.3 Å². The Morgan fingerprint density at radius 1 is 0.855 bits per heavy atom.